The van der Waals surface area contributed by atoms with Crippen molar-refractivity contribution in [2.75, 3.05) is 27.9 Å². The lowest BCUT2D eigenvalue weighted by molar-refractivity contribution is -0.124. The number of ether oxygens (including phenoxy) is 2. The first-order valence-electron chi connectivity index (χ1n) is 8.93. The second kappa shape index (κ2) is 10.0. The molecule has 0 aromatic rings. The molecule has 1 heterocycles. The maximum Gasteiger partial charge on any atom is 0.373 e. The van der Waals surface area contributed by atoms with Gasteiger partial charge in [-0.25, -0.2) is 0 Å². The second-order valence-electron chi connectivity index (χ2n) is 6.32. The number of methoxy groups -OCH3 is 1. The molecule has 132 valence electrons. The van der Waals surface area contributed by atoms with Gasteiger partial charge in [0.15, 0.2) is 0 Å². The molecule has 0 bridgehead atoms. The van der Waals surface area contributed by atoms with Crippen LogP contribution in [0.25, 0.3) is 0 Å². The molecule has 1 fully saturated rings. The summed E-state index contributed by atoms with van der Waals surface area (Å²) < 4.78 is 24.4. The van der Waals surface area contributed by atoms with Gasteiger partial charge in [-0.1, -0.05) is 39.5 Å². The van der Waals surface area contributed by atoms with E-state index in [1.165, 1.54) is 12.8 Å². The van der Waals surface area contributed by atoms with Gasteiger partial charge in [0.05, 0.1) is 6.10 Å². The van der Waals surface area contributed by atoms with Crippen molar-refractivity contribution in [1.29, 1.82) is 0 Å². The molecule has 2 atom stereocenters. The smallest absolute Gasteiger partial charge is 0.373 e. The molecule has 1 saturated heterocycles. The van der Waals surface area contributed by atoms with Gasteiger partial charge in [-0.05, 0) is 31.7 Å². The molecule has 4 nitrogen and oxygen atoms in total. The topological polar surface area (TPSA) is 36.9 Å². The Balaban J connectivity index is 2.94. The lowest BCUT2D eigenvalue weighted by Gasteiger charge is -2.52. The van der Waals surface area contributed by atoms with E-state index in [1.54, 1.807) is 14.2 Å². The van der Waals surface area contributed by atoms with Crippen molar-refractivity contribution < 1.29 is 18.3 Å². The molecule has 0 N–H and O–H groups in total. The molecule has 0 aliphatic carbocycles. The van der Waals surface area contributed by atoms with E-state index in [4.69, 9.17) is 18.3 Å². The summed E-state index contributed by atoms with van der Waals surface area (Å²) in [5.41, 5.74) is 0. The summed E-state index contributed by atoms with van der Waals surface area (Å²) in [7, 11) is 2.96. The fraction of sp³-hybridized carbons (Fsp3) is 1.00. The summed E-state index contributed by atoms with van der Waals surface area (Å²) in [6.45, 7) is 5.24. The second-order valence-corrected chi connectivity index (χ2v) is 9.99. The van der Waals surface area contributed by atoms with Crippen molar-refractivity contribution in [3.63, 3.8) is 0 Å². The van der Waals surface area contributed by atoms with Crippen molar-refractivity contribution in [3.8, 4) is 0 Å². The van der Waals surface area contributed by atoms with Crippen molar-refractivity contribution in [1.82, 2.24) is 0 Å². The summed E-state index contributed by atoms with van der Waals surface area (Å²) >= 11 is 0. The molecule has 0 aromatic carbocycles. The first-order chi connectivity index (χ1) is 10.7. The van der Waals surface area contributed by atoms with Crippen molar-refractivity contribution in [3.05, 3.63) is 0 Å². The molecular formula is C17H36O4Si. The van der Waals surface area contributed by atoms with Gasteiger partial charge in [-0.15, -0.1) is 0 Å². The molecule has 0 radical (unpaired) electrons. The van der Waals surface area contributed by atoms with Crippen LogP contribution >= 0.6 is 0 Å². The monoisotopic (exact) mass is 332 g/mol. The van der Waals surface area contributed by atoms with Crippen LogP contribution in [0.4, 0.5) is 0 Å². The Kier molecular flexibility index (Phi) is 9.17. The quantitative estimate of drug-likeness (QED) is 0.419. The number of rotatable bonds is 11. The Bertz CT molecular complexity index is 296. The van der Waals surface area contributed by atoms with Gasteiger partial charge in [0.1, 0.15) is 5.22 Å². The number of hydrogen-bond acceptors (Lipinski definition) is 4. The molecule has 0 amide bonds. The van der Waals surface area contributed by atoms with Crippen LogP contribution in [0.5, 0.6) is 0 Å². The Hall–Kier alpha value is 0.0569. The van der Waals surface area contributed by atoms with Crippen LogP contribution in [-0.2, 0) is 18.3 Å². The van der Waals surface area contributed by atoms with Crippen LogP contribution in [0.3, 0.4) is 0 Å². The predicted octanol–water partition coefficient (Wildman–Crippen LogP) is 4.21. The lowest BCUT2D eigenvalue weighted by atomic mass is 10.0. The molecule has 0 spiro atoms. The van der Waals surface area contributed by atoms with E-state index in [9.17, 15) is 0 Å². The van der Waals surface area contributed by atoms with Crippen molar-refractivity contribution in [2.45, 2.75) is 82.6 Å². The minimum Gasteiger partial charge on any atom is -0.396 e. The molecule has 1 aliphatic rings. The average Bonchev–Trinajstić information content (AvgIpc) is 2.57. The average molecular weight is 333 g/mol. The maximum atomic E-state index is 6.30. The Morgan fingerprint density at radius 2 is 1.68 bits per heavy atom. The third-order valence-corrected chi connectivity index (χ3v) is 9.53. The Morgan fingerprint density at radius 1 is 1.00 bits per heavy atom. The largest absolute Gasteiger partial charge is 0.396 e. The van der Waals surface area contributed by atoms with Crippen LogP contribution in [0.1, 0.15) is 65.2 Å². The number of hydrogen-bond donors (Lipinski definition) is 0. The summed E-state index contributed by atoms with van der Waals surface area (Å²) in [4.78, 5) is 0. The molecule has 1 aliphatic heterocycles. The van der Waals surface area contributed by atoms with E-state index in [2.05, 4.69) is 13.8 Å². The summed E-state index contributed by atoms with van der Waals surface area (Å²) in [5.74, 6) is 0. The van der Waals surface area contributed by atoms with Gasteiger partial charge in [-0.3, -0.25) is 0 Å². The van der Waals surface area contributed by atoms with E-state index >= 15 is 0 Å². The van der Waals surface area contributed by atoms with Crippen LogP contribution in [0, 0.1) is 0 Å². The summed E-state index contributed by atoms with van der Waals surface area (Å²) in [5, 5.41) is -0.378. The first-order valence-corrected chi connectivity index (χ1v) is 11.0. The molecule has 0 saturated carbocycles. The highest BCUT2D eigenvalue weighted by molar-refractivity contribution is 6.71. The van der Waals surface area contributed by atoms with E-state index in [1.807, 2.05) is 7.11 Å². The van der Waals surface area contributed by atoms with E-state index < -0.39 is 8.56 Å². The standard InChI is InChI=1S/C17H36O4Si/c1-6-8-10-14-21-16-12-11-15-22(19-4,20-5)17(16,18-3)13-9-7-2/h16H,6-15H2,1-5H3. The van der Waals surface area contributed by atoms with Crippen LogP contribution in [-0.4, -0.2) is 47.8 Å². The molecule has 2 unspecified atom stereocenters. The zero-order chi connectivity index (χ0) is 16.5. The van der Waals surface area contributed by atoms with Crippen LogP contribution < -0.4 is 0 Å². The molecule has 1 rings (SSSR count). The maximum absolute atomic E-state index is 6.30. The van der Waals surface area contributed by atoms with E-state index in [0.29, 0.717) is 0 Å². The Morgan fingerprint density at radius 3 is 2.23 bits per heavy atom. The fourth-order valence-corrected chi connectivity index (χ4v) is 7.76. The fourth-order valence-electron chi connectivity index (χ4n) is 3.82. The van der Waals surface area contributed by atoms with Gasteiger partial charge in [0.2, 0.25) is 0 Å². The lowest BCUT2D eigenvalue weighted by Crippen LogP contribution is -2.71. The molecule has 22 heavy (non-hydrogen) atoms. The highest BCUT2D eigenvalue weighted by atomic mass is 28.4. The SMILES string of the molecule is CCCCCOC1CCC[Si](OC)(OC)C1(CCCC)OC. The summed E-state index contributed by atoms with van der Waals surface area (Å²) in [6.07, 6.45) is 9.03. The molecule has 0 aromatic heterocycles. The zero-order valence-electron chi connectivity index (χ0n) is 15.3. The van der Waals surface area contributed by atoms with E-state index in [0.717, 1.165) is 51.2 Å². The van der Waals surface area contributed by atoms with Gasteiger partial charge in [-0.2, -0.15) is 0 Å². The van der Waals surface area contributed by atoms with Crippen LogP contribution in [0.15, 0.2) is 0 Å². The zero-order valence-corrected chi connectivity index (χ0v) is 16.3. The molecule has 5 heteroatoms. The van der Waals surface area contributed by atoms with Gasteiger partial charge < -0.3 is 18.3 Å². The van der Waals surface area contributed by atoms with Crippen molar-refractivity contribution >= 4 is 8.56 Å². The Labute approximate surface area is 138 Å². The number of unbranched alkanes of at least 4 members (excludes halogenated alkanes) is 3. The van der Waals surface area contributed by atoms with E-state index in [-0.39, 0.29) is 11.3 Å². The van der Waals surface area contributed by atoms with Gasteiger partial charge in [0, 0.05) is 27.9 Å². The third kappa shape index (κ3) is 4.12. The first kappa shape index (κ1) is 20.1. The minimum atomic E-state index is -2.43. The highest BCUT2D eigenvalue weighted by Gasteiger charge is 2.63. The predicted molar refractivity (Wildman–Crippen MR) is 92.3 cm³/mol. The van der Waals surface area contributed by atoms with Gasteiger partial charge in [0.25, 0.3) is 0 Å². The molecular weight excluding hydrogens is 296 g/mol. The normalized spacial score (nSPS) is 28.0. The van der Waals surface area contributed by atoms with Gasteiger partial charge >= 0.3 is 8.56 Å². The van der Waals surface area contributed by atoms with Crippen LogP contribution in [0.2, 0.25) is 6.04 Å². The minimum absolute atomic E-state index is 0.0984. The third-order valence-electron chi connectivity index (χ3n) is 5.13. The van der Waals surface area contributed by atoms with Crippen molar-refractivity contribution in [2.24, 2.45) is 0 Å². The summed E-state index contributed by atoms with van der Waals surface area (Å²) in [6, 6.07) is 0.992. The highest BCUT2D eigenvalue weighted by Crippen LogP contribution is 2.44.